The van der Waals surface area contributed by atoms with Crippen LogP contribution in [0.15, 0.2) is 65.7 Å². The second-order valence-corrected chi connectivity index (χ2v) is 9.82. The maximum Gasteiger partial charge on any atom is 0.266 e. The molecule has 1 aliphatic heterocycles. The molecule has 1 aromatic heterocycles. The van der Waals surface area contributed by atoms with Crippen LogP contribution in [0.4, 0.5) is 5.13 Å². The number of benzene rings is 2. The van der Waals surface area contributed by atoms with Crippen molar-refractivity contribution < 1.29 is 9.59 Å². The molecule has 2 amide bonds. The van der Waals surface area contributed by atoms with Crippen molar-refractivity contribution in [1.82, 2.24) is 9.88 Å². The summed E-state index contributed by atoms with van der Waals surface area (Å²) in [5.74, 6) is -0.622. The number of nitrogens with one attached hydrogen (secondary N) is 1. The zero-order valence-electron chi connectivity index (χ0n) is 16.1. The minimum absolute atomic E-state index is 0.157. The molecule has 4 rings (SSSR count). The van der Waals surface area contributed by atoms with E-state index in [1.54, 1.807) is 12.3 Å². The van der Waals surface area contributed by atoms with Crippen LogP contribution in [0.5, 0.6) is 0 Å². The van der Waals surface area contributed by atoms with Crippen molar-refractivity contribution in [2.75, 3.05) is 11.9 Å². The summed E-state index contributed by atoms with van der Waals surface area (Å²) < 4.78 is 0.362. The first-order chi connectivity index (χ1) is 15.0. The van der Waals surface area contributed by atoms with Gasteiger partial charge in [-0.3, -0.25) is 14.5 Å². The van der Waals surface area contributed by atoms with Crippen molar-refractivity contribution in [3.8, 4) is 0 Å². The van der Waals surface area contributed by atoms with E-state index in [2.05, 4.69) is 10.3 Å². The summed E-state index contributed by atoms with van der Waals surface area (Å²) >= 11 is 14.1. The van der Waals surface area contributed by atoms with Crippen molar-refractivity contribution in [2.45, 2.75) is 6.42 Å². The number of hydrogen-bond donors (Lipinski definition) is 1. The Hall–Kier alpha value is -2.52. The molecule has 0 bridgehead atoms. The van der Waals surface area contributed by atoms with Crippen LogP contribution >= 0.6 is 46.9 Å². The van der Waals surface area contributed by atoms with E-state index in [1.807, 2.05) is 54.6 Å². The van der Waals surface area contributed by atoms with E-state index in [0.29, 0.717) is 25.8 Å². The molecule has 9 heteroatoms. The molecule has 0 radical (unpaired) electrons. The average molecular weight is 486 g/mol. The zero-order valence-corrected chi connectivity index (χ0v) is 19.3. The molecule has 1 N–H and O–H groups in total. The maximum absolute atomic E-state index is 12.7. The van der Waals surface area contributed by atoms with E-state index in [4.69, 9.17) is 23.8 Å². The number of thiocarbonyl (C=S) groups is 1. The molecule has 5 nitrogen and oxygen atoms in total. The number of thiazole rings is 1. The van der Waals surface area contributed by atoms with Gasteiger partial charge in [0.15, 0.2) is 5.13 Å². The number of carbonyl (C=O) groups excluding carboxylic acids is 2. The third-order valence-corrected chi connectivity index (χ3v) is 7.05. The summed E-state index contributed by atoms with van der Waals surface area (Å²) in [5.41, 5.74) is 1.90. The summed E-state index contributed by atoms with van der Waals surface area (Å²) in [6.07, 6.45) is 4.12. The molecular formula is C22H16ClN3O2S3. The number of halogens is 1. The lowest BCUT2D eigenvalue weighted by Gasteiger charge is -2.13. The van der Waals surface area contributed by atoms with Gasteiger partial charge >= 0.3 is 0 Å². The summed E-state index contributed by atoms with van der Waals surface area (Å²) in [6.45, 7) is -0.157. The van der Waals surface area contributed by atoms with Gasteiger partial charge in [0.1, 0.15) is 10.9 Å². The average Bonchev–Trinajstić information content (AvgIpc) is 3.29. The second kappa shape index (κ2) is 9.74. The molecule has 0 aliphatic carbocycles. The van der Waals surface area contributed by atoms with Gasteiger partial charge in [0.25, 0.3) is 5.91 Å². The number of nitrogens with zero attached hydrogens (tertiary/aromatic N) is 2. The predicted octanol–water partition coefficient (Wildman–Crippen LogP) is 5.23. The highest BCUT2D eigenvalue weighted by Gasteiger charge is 2.33. The second-order valence-electron chi connectivity index (χ2n) is 6.63. The lowest BCUT2D eigenvalue weighted by atomic mass is 10.1. The first-order valence-corrected chi connectivity index (χ1v) is 11.7. The van der Waals surface area contributed by atoms with E-state index in [0.717, 1.165) is 16.0 Å². The highest BCUT2D eigenvalue weighted by molar-refractivity contribution is 8.26. The molecule has 1 aliphatic rings. The van der Waals surface area contributed by atoms with Gasteiger partial charge < -0.3 is 5.32 Å². The van der Waals surface area contributed by atoms with Crippen molar-refractivity contribution in [3.63, 3.8) is 0 Å². The Bertz CT molecular complexity index is 1180. The highest BCUT2D eigenvalue weighted by atomic mass is 35.5. The molecule has 0 unspecified atom stereocenters. The molecule has 156 valence electrons. The Morgan fingerprint density at radius 3 is 2.68 bits per heavy atom. The monoisotopic (exact) mass is 485 g/mol. The van der Waals surface area contributed by atoms with E-state index < -0.39 is 0 Å². The molecule has 0 atom stereocenters. The number of amides is 2. The number of rotatable bonds is 6. The lowest BCUT2D eigenvalue weighted by Crippen LogP contribution is -2.36. The minimum Gasteiger partial charge on any atom is -0.300 e. The zero-order chi connectivity index (χ0) is 21.8. The summed E-state index contributed by atoms with van der Waals surface area (Å²) in [4.78, 5) is 32.2. The van der Waals surface area contributed by atoms with Gasteiger partial charge in [0.05, 0.1) is 4.91 Å². The Morgan fingerprint density at radius 2 is 1.90 bits per heavy atom. The topological polar surface area (TPSA) is 62.3 Å². The summed E-state index contributed by atoms with van der Waals surface area (Å²) in [5, 5.41) is 3.91. The van der Waals surface area contributed by atoms with Crippen LogP contribution < -0.4 is 5.32 Å². The van der Waals surface area contributed by atoms with Crippen LogP contribution in [0.3, 0.4) is 0 Å². The van der Waals surface area contributed by atoms with Gasteiger partial charge in [0.2, 0.25) is 5.91 Å². The predicted molar refractivity (Wildman–Crippen MR) is 131 cm³/mol. The van der Waals surface area contributed by atoms with Crippen LogP contribution in [-0.2, 0) is 16.0 Å². The third kappa shape index (κ3) is 5.40. The highest BCUT2D eigenvalue weighted by Crippen LogP contribution is 2.32. The molecule has 0 spiro atoms. The molecule has 1 saturated heterocycles. The fraction of sp³-hybridized carbons (Fsp3) is 0.0909. The van der Waals surface area contributed by atoms with Gasteiger partial charge in [-0.1, -0.05) is 84.1 Å². The van der Waals surface area contributed by atoms with Gasteiger partial charge in [-0.15, -0.1) is 11.3 Å². The van der Waals surface area contributed by atoms with Crippen molar-refractivity contribution in [1.29, 1.82) is 0 Å². The van der Waals surface area contributed by atoms with Crippen molar-refractivity contribution in [3.05, 3.63) is 86.7 Å². The first kappa shape index (κ1) is 21.7. The van der Waals surface area contributed by atoms with E-state index in [1.165, 1.54) is 28.0 Å². The van der Waals surface area contributed by atoms with E-state index in [-0.39, 0.29) is 18.4 Å². The lowest BCUT2D eigenvalue weighted by molar-refractivity contribution is -0.126. The number of thioether (sulfide) groups is 1. The smallest absolute Gasteiger partial charge is 0.266 e. The summed E-state index contributed by atoms with van der Waals surface area (Å²) in [6, 6.07) is 17.1. The number of aromatic nitrogens is 1. The molecular weight excluding hydrogens is 470 g/mol. The SMILES string of the molecule is O=C(CN1C(=O)/C(=C/c2ccccc2)SC1=S)Nc1ncc(Cc2ccccc2Cl)s1. The molecule has 1 fully saturated rings. The summed E-state index contributed by atoms with van der Waals surface area (Å²) in [7, 11) is 0. The number of carbonyl (C=O) groups is 2. The molecule has 3 aromatic rings. The Morgan fingerprint density at radius 1 is 1.16 bits per heavy atom. The van der Waals surface area contributed by atoms with Gasteiger partial charge in [-0.25, -0.2) is 4.98 Å². The van der Waals surface area contributed by atoms with Crippen LogP contribution in [0.25, 0.3) is 6.08 Å². The van der Waals surface area contributed by atoms with Gasteiger partial charge in [0, 0.05) is 22.5 Å². The number of anilines is 1. The fourth-order valence-electron chi connectivity index (χ4n) is 2.92. The van der Waals surface area contributed by atoms with E-state index >= 15 is 0 Å². The minimum atomic E-state index is -0.351. The van der Waals surface area contributed by atoms with Crippen LogP contribution in [-0.4, -0.2) is 32.6 Å². The molecule has 2 aromatic carbocycles. The van der Waals surface area contributed by atoms with Crippen LogP contribution in [0.1, 0.15) is 16.0 Å². The van der Waals surface area contributed by atoms with Crippen LogP contribution in [0.2, 0.25) is 5.02 Å². The van der Waals surface area contributed by atoms with Crippen molar-refractivity contribution in [2.24, 2.45) is 0 Å². The van der Waals surface area contributed by atoms with E-state index in [9.17, 15) is 9.59 Å². The van der Waals surface area contributed by atoms with Crippen LogP contribution in [0, 0.1) is 0 Å². The molecule has 0 saturated carbocycles. The normalized spacial score (nSPS) is 15.0. The molecule has 31 heavy (non-hydrogen) atoms. The maximum atomic E-state index is 12.7. The number of hydrogen-bond acceptors (Lipinski definition) is 6. The standard InChI is InChI=1S/C22H16ClN3O2S3/c23-17-9-5-4-8-15(17)11-16-12-24-21(30-16)25-19(27)13-26-20(28)18(31-22(26)29)10-14-6-2-1-3-7-14/h1-10,12H,11,13H2,(H,24,25,27)/b18-10-. The van der Waals surface area contributed by atoms with Crippen molar-refractivity contribution >= 4 is 74.3 Å². The largest absolute Gasteiger partial charge is 0.300 e. The first-order valence-electron chi connectivity index (χ1n) is 9.28. The fourth-order valence-corrected chi connectivity index (χ4v) is 5.23. The Labute approximate surface area is 198 Å². The van der Waals surface area contributed by atoms with Gasteiger partial charge in [-0.05, 0) is 23.3 Å². The van der Waals surface area contributed by atoms with Gasteiger partial charge in [-0.2, -0.15) is 0 Å². The molecule has 2 heterocycles. The Balaban J connectivity index is 1.37. The quantitative estimate of drug-likeness (QED) is 0.382. The third-order valence-electron chi connectivity index (χ3n) is 4.40. The Kier molecular flexibility index (Phi) is 6.82.